The van der Waals surface area contributed by atoms with Crippen LogP contribution in [0.2, 0.25) is 0 Å². The van der Waals surface area contributed by atoms with E-state index < -0.39 is 9.84 Å². The van der Waals surface area contributed by atoms with Gasteiger partial charge in [0.25, 0.3) is 0 Å². The summed E-state index contributed by atoms with van der Waals surface area (Å²) in [6, 6.07) is 0.138. The second-order valence-electron chi connectivity index (χ2n) is 5.33. The Morgan fingerprint density at radius 2 is 2.06 bits per heavy atom. The maximum absolute atomic E-state index is 12.4. The molecule has 1 saturated carbocycles. The number of ether oxygens (including phenoxy) is 1. The summed E-state index contributed by atoms with van der Waals surface area (Å²) in [5.41, 5.74) is 0. The first-order chi connectivity index (χ1) is 8.51. The molecule has 0 radical (unpaired) electrons. The molecule has 0 heterocycles. The molecular weight excluding hydrogens is 250 g/mol. The average Bonchev–Trinajstić information content (AvgIpc) is 2.32. The Balaban J connectivity index is 2.67. The molecule has 0 saturated heterocycles. The normalized spacial score (nSPS) is 29.4. The van der Waals surface area contributed by atoms with Crippen molar-refractivity contribution >= 4 is 9.84 Å². The first-order valence-corrected chi connectivity index (χ1v) is 8.66. The molecule has 1 fully saturated rings. The second-order valence-corrected chi connectivity index (χ2v) is 7.67. The molecule has 0 bridgehead atoms. The van der Waals surface area contributed by atoms with Gasteiger partial charge in [-0.1, -0.05) is 13.8 Å². The van der Waals surface area contributed by atoms with Crippen LogP contribution in [0.15, 0.2) is 0 Å². The van der Waals surface area contributed by atoms with Crippen molar-refractivity contribution in [3.05, 3.63) is 0 Å². The van der Waals surface area contributed by atoms with E-state index >= 15 is 0 Å². The molecule has 0 aromatic heterocycles. The van der Waals surface area contributed by atoms with E-state index in [9.17, 15) is 8.42 Å². The van der Waals surface area contributed by atoms with E-state index in [1.807, 2.05) is 6.92 Å². The third-order valence-electron chi connectivity index (χ3n) is 3.76. The van der Waals surface area contributed by atoms with Gasteiger partial charge in [-0.25, -0.2) is 8.42 Å². The number of nitrogens with one attached hydrogen (secondary N) is 1. The number of methoxy groups -OCH3 is 1. The van der Waals surface area contributed by atoms with Crippen LogP contribution in [0.25, 0.3) is 0 Å². The van der Waals surface area contributed by atoms with Crippen molar-refractivity contribution < 1.29 is 13.2 Å². The lowest BCUT2D eigenvalue weighted by Gasteiger charge is -2.35. The molecule has 1 rings (SSSR count). The van der Waals surface area contributed by atoms with Crippen molar-refractivity contribution in [2.45, 2.75) is 50.8 Å². The van der Waals surface area contributed by atoms with E-state index in [1.54, 1.807) is 7.11 Å². The largest absolute Gasteiger partial charge is 0.385 e. The van der Waals surface area contributed by atoms with E-state index in [4.69, 9.17) is 4.74 Å². The summed E-state index contributed by atoms with van der Waals surface area (Å²) < 4.78 is 29.7. The molecule has 0 aliphatic heterocycles. The van der Waals surface area contributed by atoms with Crippen molar-refractivity contribution in [2.75, 3.05) is 26.0 Å². The molecule has 0 spiro atoms. The van der Waals surface area contributed by atoms with Gasteiger partial charge in [0, 0.05) is 19.8 Å². The lowest BCUT2D eigenvalue weighted by Crippen LogP contribution is -2.48. The molecule has 3 atom stereocenters. The zero-order valence-electron chi connectivity index (χ0n) is 11.8. The Hall–Kier alpha value is -0.130. The van der Waals surface area contributed by atoms with Gasteiger partial charge < -0.3 is 10.1 Å². The average molecular weight is 277 g/mol. The summed E-state index contributed by atoms with van der Waals surface area (Å²) in [6.45, 7) is 5.54. The van der Waals surface area contributed by atoms with E-state index in [0.29, 0.717) is 18.9 Å². The molecule has 0 aromatic rings. The monoisotopic (exact) mass is 277 g/mol. The van der Waals surface area contributed by atoms with Gasteiger partial charge in [-0.3, -0.25) is 0 Å². The van der Waals surface area contributed by atoms with E-state index in [1.165, 1.54) is 0 Å². The molecule has 4 nitrogen and oxygen atoms in total. The van der Waals surface area contributed by atoms with Gasteiger partial charge in [0.15, 0.2) is 9.84 Å². The molecule has 1 aliphatic carbocycles. The SMILES string of the molecule is CCNC1CCC(C)CC1S(=O)(=O)CCCOC. The van der Waals surface area contributed by atoms with Gasteiger partial charge in [-0.2, -0.15) is 0 Å². The summed E-state index contributed by atoms with van der Waals surface area (Å²) in [6.07, 6.45) is 3.50. The van der Waals surface area contributed by atoms with Crippen LogP contribution in [-0.2, 0) is 14.6 Å². The molecule has 108 valence electrons. The molecule has 1 N–H and O–H groups in total. The minimum Gasteiger partial charge on any atom is -0.385 e. The topological polar surface area (TPSA) is 55.4 Å². The Bertz CT molecular complexity index is 329. The number of hydrogen-bond acceptors (Lipinski definition) is 4. The van der Waals surface area contributed by atoms with E-state index in [2.05, 4.69) is 12.2 Å². The fraction of sp³-hybridized carbons (Fsp3) is 1.00. The van der Waals surface area contributed by atoms with Crippen LogP contribution in [0.5, 0.6) is 0 Å². The van der Waals surface area contributed by atoms with Gasteiger partial charge in [0.05, 0.1) is 11.0 Å². The zero-order chi connectivity index (χ0) is 13.6. The van der Waals surface area contributed by atoms with Crippen LogP contribution in [0.1, 0.15) is 39.5 Å². The molecule has 18 heavy (non-hydrogen) atoms. The third-order valence-corrected chi connectivity index (χ3v) is 6.06. The third kappa shape index (κ3) is 4.52. The van der Waals surface area contributed by atoms with Crippen LogP contribution in [0.4, 0.5) is 0 Å². The van der Waals surface area contributed by atoms with Gasteiger partial charge in [-0.05, 0) is 38.1 Å². The number of sulfone groups is 1. The summed E-state index contributed by atoms with van der Waals surface area (Å²) in [5.74, 6) is 0.766. The standard InChI is InChI=1S/C13H27NO3S/c1-4-14-12-7-6-11(2)10-13(12)18(15,16)9-5-8-17-3/h11-14H,4-10H2,1-3H3. The minimum absolute atomic E-state index is 0.138. The van der Waals surface area contributed by atoms with Crippen molar-refractivity contribution in [2.24, 2.45) is 5.92 Å². The van der Waals surface area contributed by atoms with Crippen LogP contribution >= 0.6 is 0 Å². The van der Waals surface area contributed by atoms with Crippen molar-refractivity contribution in [1.29, 1.82) is 0 Å². The molecule has 5 heteroatoms. The number of hydrogen-bond donors (Lipinski definition) is 1. The van der Waals surface area contributed by atoms with Gasteiger partial charge in [-0.15, -0.1) is 0 Å². The van der Waals surface area contributed by atoms with Crippen LogP contribution in [-0.4, -0.2) is 45.7 Å². The van der Waals surface area contributed by atoms with Gasteiger partial charge in [0.2, 0.25) is 0 Å². The highest BCUT2D eigenvalue weighted by molar-refractivity contribution is 7.92. The predicted octanol–water partition coefficient (Wildman–Crippen LogP) is 1.60. The Kier molecular flexibility index (Phi) is 6.60. The fourth-order valence-corrected chi connectivity index (χ4v) is 4.95. The Labute approximate surface area is 111 Å². The van der Waals surface area contributed by atoms with E-state index in [-0.39, 0.29) is 17.0 Å². The predicted molar refractivity (Wildman–Crippen MR) is 74.5 cm³/mol. The van der Waals surface area contributed by atoms with Crippen LogP contribution in [0.3, 0.4) is 0 Å². The van der Waals surface area contributed by atoms with E-state index in [0.717, 1.165) is 25.8 Å². The lowest BCUT2D eigenvalue weighted by atomic mass is 9.87. The van der Waals surface area contributed by atoms with Crippen molar-refractivity contribution in [3.63, 3.8) is 0 Å². The lowest BCUT2D eigenvalue weighted by molar-refractivity contribution is 0.199. The maximum Gasteiger partial charge on any atom is 0.154 e. The summed E-state index contributed by atoms with van der Waals surface area (Å²) in [4.78, 5) is 0. The smallest absolute Gasteiger partial charge is 0.154 e. The first-order valence-electron chi connectivity index (χ1n) is 6.95. The molecule has 3 unspecified atom stereocenters. The second kappa shape index (κ2) is 7.46. The summed E-state index contributed by atoms with van der Waals surface area (Å²) in [5, 5.41) is 3.13. The molecule has 0 amide bonds. The highest BCUT2D eigenvalue weighted by Crippen LogP contribution is 2.29. The maximum atomic E-state index is 12.4. The molecular formula is C13H27NO3S. The van der Waals surface area contributed by atoms with Crippen LogP contribution in [0, 0.1) is 5.92 Å². The quantitative estimate of drug-likeness (QED) is 0.718. The summed E-state index contributed by atoms with van der Waals surface area (Å²) >= 11 is 0. The molecule has 0 aromatic carbocycles. The van der Waals surface area contributed by atoms with Crippen LogP contribution < -0.4 is 5.32 Å². The van der Waals surface area contributed by atoms with Gasteiger partial charge in [0.1, 0.15) is 0 Å². The zero-order valence-corrected chi connectivity index (χ0v) is 12.6. The highest BCUT2D eigenvalue weighted by atomic mass is 32.2. The Morgan fingerprint density at radius 3 is 2.67 bits per heavy atom. The van der Waals surface area contributed by atoms with Crippen molar-refractivity contribution in [1.82, 2.24) is 5.32 Å². The van der Waals surface area contributed by atoms with Crippen molar-refractivity contribution in [3.8, 4) is 0 Å². The fourth-order valence-electron chi connectivity index (χ4n) is 2.78. The number of rotatable bonds is 7. The molecule has 1 aliphatic rings. The minimum atomic E-state index is -3.00. The first kappa shape index (κ1) is 15.9. The Morgan fingerprint density at radius 1 is 1.33 bits per heavy atom. The summed E-state index contributed by atoms with van der Waals surface area (Å²) in [7, 11) is -1.39. The van der Waals surface area contributed by atoms with Gasteiger partial charge >= 0.3 is 0 Å². The highest BCUT2D eigenvalue weighted by Gasteiger charge is 2.36.